The third-order valence-corrected chi connectivity index (χ3v) is 2.32. The summed E-state index contributed by atoms with van der Waals surface area (Å²) in [5.41, 5.74) is -0.499. The van der Waals surface area contributed by atoms with Crippen molar-refractivity contribution >= 4 is 0 Å². The summed E-state index contributed by atoms with van der Waals surface area (Å²) in [6.07, 6.45) is -4.40. The van der Waals surface area contributed by atoms with Crippen molar-refractivity contribution in [2.45, 2.75) is 32.6 Å². The zero-order valence-electron chi connectivity index (χ0n) is 10.1. The van der Waals surface area contributed by atoms with Crippen molar-refractivity contribution in [1.29, 1.82) is 0 Å². The maximum atomic E-state index is 12.9. The van der Waals surface area contributed by atoms with Gasteiger partial charge in [-0.05, 0) is 11.6 Å². The molecule has 0 aromatic heterocycles. The average Bonchev–Trinajstić information content (AvgIpc) is 2.24. The van der Waals surface area contributed by atoms with Gasteiger partial charge in [-0.15, -0.1) is 0 Å². The Labute approximate surface area is 98.8 Å². The molecule has 1 N–H and O–H groups in total. The fraction of sp³-hybridized carbons (Fsp3) is 0.500. The van der Waals surface area contributed by atoms with Crippen LogP contribution in [0.3, 0.4) is 0 Å². The second-order valence-electron chi connectivity index (χ2n) is 4.03. The second-order valence-corrected chi connectivity index (χ2v) is 4.03. The van der Waals surface area contributed by atoms with Crippen LogP contribution < -0.4 is 10.1 Å². The SMILES string of the molecule is COc1cccc(CNC(C)C)c1C(F)(F)F. The van der Waals surface area contributed by atoms with Crippen molar-refractivity contribution < 1.29 is 17.9 Å². The molecule has 0 aliphatic rings. The maximum absolute atomic E-state index is 12.9. The molecule has 5 heteroatoms. The first kappa shape index (κ1) is 13.8. The highest BCUT2D eigenvalue weighted by molar-refractivity contribution is 5.42. The molecular formula is C12H16F3NO. The van der Waals surface area contributed by atoms with Gasteiger partial charge in [0.2, 0.25) is 0 Å². The molecule has 17 heavy (non-hydrogen) atoms. The quantitative estimate of drug-likeness (QED) is 0.882. The van der Waals surface area contributed by atoms with Crippen molar-refractivity contribution in [3.05, 3.63) is 29.3 Å². The van der Waals surface area contributed by atoms with Crippen LogP contribution >= 0.6 is 0 Å². The number of alkyl halides is 3. The first-order chi connectivity index (χ1) is 7.86. The van der Waals surface area contributed by atoms with Gasteiger partial charge in [-0.25, -0.2) is 0 Å². The fourth-order valence-electron chi connectivity index (χ4n) is 1.53. The van der Waals surface area contributed by atoms with Crippen molar-refractivity contribution in [1.82, 2.24) is 5.32 Å². The molecule has 96 valence electrons. The summed E-state index contributed by atoms with van der Waals surface area (Å²) in [6, 6.07) is 4.47. The molecule has 0 bridgehead atoms. The van der Waals surface area contributed by atoms with Crippen molar-refractivity contribution in [3.8, 4) is 5.75 Å². The van der Waals surface area contributed by atoms with Crippen LogP contribution in [0.25, 0.3) is 0 Å². The highest BCUT2D eigenvalue weighted by atomic mass is 19.4. The van der Waals surface area contributed by atoms with Gasteiger partial charge in [0, 0.05) is 12.6 Å². The van der Waals surface area contributed by atoms with Crippen LogP contribution in [-0.2, 0) is 12.7 Å². The number of hydrogen-bond donors (Lipinski definition) is 1. The third kappa shape index (κ3) is 3.63. The molecule has 0 aliphatic heterocycles. The topological polar surface area (TPSA) is 21.3 Å². The number of hydrogen-bond acceptors (Lipinski definition) is 2. The Balaban J connectivity index is 3.11. The Kier molecular flexibility index (Phi) is 4.40. The summed E-state index contributed by atoms with van der Waals surface area (Å²) in [5.74, 6) is -0.138. The first-order valence-electron chi connectivity index (χ1n) is 5.32. The van der Waals surface area contributed by atoms with E-state index in [2.05, 4.69) is 5.32 Å². The van der Waals surface area contributed by atoms with Gasteiger partial charge >= 0.3 is 6.18 Å². The molecule has 1 aromatic rings. The fourth-order valence-corrected chi connectivity index (χ4v) is 1.53. The minimum atomic E-state index is -4.40. The van der Waals surface area contributed by atoms with Gasteiger partial charge in [-0.2, -0.15) is 13.2 Å². The molecule has 0 fully saturated rings. The van der Waals surface area contributed by atoms with Crippen LogP contribution in [0.4, 0.5) is 13.2 Å². The minimum Gasteiger partial charge on any atom is -0.496 e. The molecule has 0 atom stereocenters. The van der Waals surface area contributed by atoms with Crippen molar-refractivity contribution in [2.75, 3.05) is 7.11 Å². The van der Waals surface area contributed by atoms with Gasteiger partial charge in [0.25, 0.3) is 0 Å². The molecule has 0 radical (unpaired) electrons. The molecular weight excluding hydrogens is 231 g/mol. The molecule has 0 aliphatic carbocycles. The van der Waals surface area contributed by atoms with Gasteiger partial charge in [0.05, 0.1) is 7.11 Å². The van der Waals surface area contributed by atoms with E-state index in [1.165, 1.54) is 19.2 Å². The van der Waals surface area contributed by atoms with Crippen LogP contribution in [0.5, 0.6) is 5.75 Å². The van der Waals surface area contributed by atoms with E-state index in [1.807, 2.05) is 13.8 Å². The van der Waals surface area contributed by atoms with E-state index in [-0.39, 0.29) is 23.9 Å². The third-order valence-electron chi connectivity index (χ3n) is 2.32. The first-order valence-corrected chi connectivity index (χ1v) is 5.32. The van der Waals surface area contributed by atoms with Crippen molar-refractivity contribution in [3.63, 3.8) is 0 Å². The Morgan fingerprint density at radius 2 is 1.94 bits per heavy atom. The zero-order valence-corrected chi connectivity index (χ0v) is 10.1. The molecule has 0 saturated heterocycles. The number of halogens is 3. The highest BCUT2D eigenvalue weighted by Gasteiger charge is 2.36. The van der Waals surface area contributed by atoms with E-state index < -0.39 is 11.7 Å². The molecule has 0 heterocycles. The van der Waals surface area contributed by atoms with E-state index in [1.54, 1.807) is 6.07 Å². The Morgan fingerprint density at radius 1 is 1.29 bits per heavy atom. The van der Waals surface area contributed by atoms with Crippen LogP contribution in [0.1, 0.15) is 25.0 Å². The van der Waals surface area contributed by atoms with Gasteiger partial charge in [0.15, 0.2) is 0 Å². The molecule has 0 unspecified atom stereocenters. The Morgan fingerprint density at radius 3 is 2.41 bits per heavy atom. The minimum absolute atomic E-state index is 0.127. The molecule has 0 saturated carbocycles. The van der Waals surface area contributed by atoms with Crippen LogP contribution in [0.15, 0.2) is 18.2 Å². The number of methoxy groups -OCH3 is 1. The Hall–Kier alpha value is -1.23. The smallest absolute Gasteiger partial charge is 0.420 e. The standard InChI is InChI=1S/C12H16F3NO/c1-8(2)16-7-9-5-4-6-10(17-3)11(9)12(13,14)15/h4-6,8,16H,7H2,1-3H3. The van der Waals surface area contributed by atoms with Crippen LogP contribution in [0, 0.1) is 0 Å². The molecule has 0 spiro atoms. The summed E-state index contributed by atoms with van der Waals surface area (Å²) >= 11 is 0. The highest BCUT2D eigenvalue weighted by Crippen LogP contribution is 2.38. The van der Waals surface area contributed by atoms with Crippen LogP contribution in [-0.4, -0.2) is 13.2 Å². The molecule has 1 rings (SSSR count). The predicted octanol–water partition coefficient (Wildman–Crippen LogP) is 3.21. The summed E-state index contributed by atoms with van der Waals surface area (Å²) in [7, 11) is 1.24. The summed E-state index contributed by atoms with van der Waals surface area (Å²) in [6.45, 7) is 3.94. The summed E-state index contributed by atoms with van der Waals surface area (Å²) < 4.78 is 43.5. The monoisotopic (exact) mass is 247 g/mol. The second kappa shape index (κ2) is 5.40. The number of nitrogens with one attached hydrogen (secondary N) is 1. The Bertz CT molecular complexity index is 375. The number of rotatable bonds is 4. The largest absolute Gasteiger partial charge is 0.496 e. The lowest BCUT2D eigenvalue weighted by molar-refractivity contribution is -0.139. The number of benzene rings is 1. The van der Waals surface area contributed by atoms with E-state index in [4.69, 9.17) is 4.74 Å². The lowest BCUT2D eigenvalue weighted by Crippen LogP contribution is -2.24. The van der Waals surface area contributed by atoms with Gasteiger partial charge < -0.3 is 10.1 Å². The summed E-state index contributed by atoms with van der Waals surface area (Å²) in [5, 5.41) is 2.97. The lowest BCUT2D eigenvalue weighted by Gasteiger charge is -2.17. The van der Waals surface area contributed by atoms with E-state index >= 15 is 0 Å². The van der Waals surface area contributed by atoms with E-state index in [9.17, 15) is 13.2 Å². The zero-order chi connectivity index (χ0) is 13.1. The van der Waals surface area contributed by atoms with Crippen molar-refractivity contribution in [2.24, 2.45) is 0 Å². The molecule has 0 amide bonds. The van der Waals surface area contributed by atoms with Crippen LogP contribution in [0.2, 0.25) is 0 Å². The van der Waals surface area contributed by atoms with E-state index in [0.717, 1.165) is 0 Å². The maximum Gasteiger partial charge on any atom is 0.420 e. The van der Waals surface area contributed by atoms with Gasteiger partial charge in [0.1, 0.15) is 11.3 Å². The van der Waals surface area contributed by atoms with Gasteiger partial charge in [-0.1, -0.05) is 26.0 Å². The lowest BCUT2D eigenvalue weighted by atomic mass is 10.1. The predicted molar refractivity (Wildman–Crippen MR) is 60.0 cm³/mol. The normalized spacial score (nSPS) is 11.9. The van der Waals surface area contributed by atoms with Gasteiger partial charge in [-0.3, -0.25) is 0 Å². The molecule has 1 aromatic carbocycles. The average molecular weight is 247 g/mol. The molecule has 2 nitrogen and oxygen atoms in total. The number of ether oxygens (including phenoxy) is 1. The summed E-state index contributed by atoms with van der Waals surface area (Å²) in [4.78, 5) is 0. The van der Waals surface area contributed by atoms with E-state index in [0.29, 0.717) is 0 Å².